The molecule has 2 N–H and O–H groups in total. The number of aliphatic hydroxyl groups excluding tert-OH is 2. The third-order valence-electron chi connectivity index (χ3n) is 5.47. The summed E-state index contributed by atoms with van der Waals surface area (Å²) in [6.45, 7) is 2.15. The van der Waals surface area contributed by atoms with Crippen LogP contribution in [0.2, 0.25) is 0 Å². The largest absolute Gasteiger partial charge is 0.495 e. The van der Waals surface area contributed by atoms with Crippen molar-refractivity contribution in [3.05, 3.63) is 24.0 Å². The Morgan fingerprint density at radius 2 is 2.19 bits per heavy atom. The van der Waals surface area contributed by atoms with Crippen molar-refractivity contribution in [2.24, 2.45) is 11.8 Å². The van der Waals surface area contributed by atoms with Crippen molar-refractivity contribution in [1.82, 2.24) is 0 Å². The first kappa shape index (κ1) is 21.0. The minimum atomic E-state index is -0.427. The number of esters is 1. The highest BCUT2D eigenvalue weighted by molar-refractivity contribution is 5.69. The normalized spacial score (nSPS) is 30.5. The molecule has 0 aromatic heterocycles. The molecule has 2 fully saturated rings. The number of unbranched alkanes of at least 4 members (excludes halogenated alkanes) is 3. The van der Waals surface area contributed by atoms with Crippen LogP contribution in [0.4, 0.5) is 0 Å². The van der Waals surface area contributed by atoms with Crippen molar-refractivity contribution in [2.75, 3.05) is 7.11 Å². The Morgan fingerprint density at radius 1 is 1.38 bits per heavy atom. The summed E-state index contributed by atoms with van der Waals surface area (Å²) in [6, 6.07) is 0. The summed E-state index contributed by atoms with van der Waals surface area (Å²) in [7, 11) is 1.40. The molecule has 148 valence electrons. The molecule has 0 unspecified atom stereocenters. The summed E-state index contributed by atoms with van der Waals surface area (Å²) >= 11 is 0. The summed E-state index contributed by atoms with van der Waals surface area (Å²) in [5, 5.41) is 20.4. The molecule has 0 spiro atoms. The fourth-order valence-corrected chi connectivity index (χ4v) is 3.95. The average molecular weight is 366 g/mol. The van der Waals surface area contributed by atoms with Gasteiger partial charge in [0.15, 0.2) is 0 Å². The van der Waals surface area contributed by atoms with E-state index in [4.69, 9.17) is 4.74 Å². The maximum Gasteiger partial charge on any atom is 0.305 e. The Bertz CT molecular complexity index is 499. The van der Waals surface area contributed by atoms with Crippen molar-refractivity contribution in [2.45, 2.75) is 83.0 Å². The molecule has 5 nitrogen and oxygen atoms in total. The second kappa shape index (κ2) is 10.7. The van der Waals surface area contributed by atoms with Crippen LogP contribution >= 0.6 is 0 Å². The van der Waals surface area contributed by atoms with Gasteiger partial charge >= 0.3 is 5.97 Å². The first-order valence-electron chi connectivity index (χ1n) is 10.0. The number of carbonyl (C=O) groups is 1. The monoisotopic (exact) mass is 366 g/mol. The van der Waals surface area contributed by atoms with Crippen LogP contribution in [-0.4, -0.2) is 41.6 Å². The summed E-state index contributed by atoms with van der Waals surface area (Å²) in [6.07, 6.45) is 12.7. The number of ether oxygens (including phenoxy) is 2. The van der Waals surface area contributed by atoms with Crippen molar-refractivity contribution >= 4 is 5.97 Å². The topological polar surface area (TPSA) is 76.0 Å². The first-order chi connectivity index (χ1) is 12.5. The third-order valence-corrected chi connectivity index (χ3v) is 5.47. The van der Waals surface area contributed by atoms with E-state index in [0.717, 1.165) is 50.7 Å². The van der Waals surface area contributed by atoms with Crippen LogP contribution in [0.1, 0.15) is 64.7 Å². The number of methoxy groups -OCH3 is 1. The highest BCUT2D eigenvalue weighted by Crippen LogP contribution is 2.45. The predicted octanol–water partition coefficient (Wildman–Crippen LogP) is 3.50. The van der Waals surface area contributed by atoms with Gasteiger partial charge in [-0.15, -0.1) is 0 Å². The number of allylic oxidation sites excluding steroid dienone is 2. The maximum absolute atomic E-state index is 11.1. The Morgan fingerprint density at radius 3 is 2.92 bits per heavy atom. The van der Waals surface area contributed by atoms with Gasteiger partial charge in [0.2, 0.25) is 0 Å². The molecule has 1 saturated carbocycles. The van der Waals surface area contributed by atoms with Gasteiger partial charge in [0.1, 0.15) is 6.10 Å². The lowest BCUT2D eigenvalue weighted by Crippen LogP contribution is -2.18. The quantitative estimate of drug-likeness (QED) is 0.352. The summed E-state index contributed by atoms with van der Waals surface area (Å²) < 4.78 is 10.6. The zero-order valence-corrected chi connectivity index (χ0v) is 16.1. The number of aliphatic hydroxyl groups is 2. The van der Waals surface area contributed by atoms with E-state index in [1.165, 1.54) is 7.11 Å². The molecule has 0 bridgehead atoms. The molecule has 0 aromatic rings. The molecule has 0 amide bonds. The summed E-state index contributed by atoms with van der Waals surface area (Å²) in [5.74, 6) is 1.11. The highest BCUT2D eigenvalue weighted by Gasteiger charge is 2.46. The molecule has 1 saturated heterocycles. The fourth-order valence-electron chi connectivity index (χ4n) is 3.95. The van der Waals surface area contributed by atoms with Gasteiger partial charge in [-0.05, 0) is 25.3 Å². The fraction of sp³-hybridized carbons (Fsp3) is 0.762. The molecule has 26 heavy (non-hydrogen) atoms. The van der Waals surface area contributed by atoms with Crippen molar-refractivity contribution in [3.63, 3.8) is 0 Å². The van der Waals surface area contributed by atoms with Crippen LogP contribution in [-0.2, 0) is 14.3 Å². The Hall–Kier alpha value is -1.33. The van der Waals surface area contributed by atoms with E-state index < -0.39 is 12.2 Å². The molecule has 5 atom stereocenters. The highest BCUT2D eigenvalue weighted by atomic mass is 16.5. The second-order valence-electron chi connectivity index (χ2n) is 7.49. The van der Waals surface area contributed by atoms with Gasteiger partial charge in [-0.3, -0.25) is 4.79 Å². The molecule has 0 aromatic carbocycles. The van der Waals surface area contributed by atoms with Gasteiger partial charge in [-0.1, -0.05) is 38.3 Å². The third kappa shape index (κ3) is 6.13. The molecule has 2 aliphatic rings. The SMILES string of the molecule is CCCCC[C@H](O)/C=C\[C@@H]1[C@H]2C/C(=C/CCCC(=O)OC)O[C@H]2C[C@H]1O. The number of fused-ring (bicyclic) bond motifs is 1. The standard InChI is InChI=1S/C21H34O5/c1-3-4-5-8-15(22)11-12-17-18-13-16(26-20(18)14-19(17)23)9-6-7-10-21(24)25-2/h9,11-12,15,17-20,22-23H,3-8,10,13-14H2,1-2H3/b12-11-,16-9-/t15-,17+,18+,19+,20-/m0/s1. The van der Waals surface area contributed by atoms with Crippen molar-refractivity contribution in [3.8, 4) is 0 Å². The summed E-state index contributed by atoms with van der Waals surface area (Å²) in [4.78, 5) is 11.1. The van der Waals surface area contributed by atoms with E-state index in [0.29, 0.717) is 12.8 Å². The van der Waals surface area contributed by atoms with Gasteiger partial charge in [-0.25, -0.2) is 0 Å². The summed E-state index contributed by atoms with van der Waals surface area (Å²) in [5.41, 5.74) is 0. The minimum absolute atomic E-state index is 0.0433. The van der Waals surface area contributed by atoms with Gasteiger partial charge < -0.3 is 19.7 Å². The van der Waals surface area contributed by atoms with Crippen LogP contribution < -0.4 is 0 Å². The number of carbonyl (C=O) groups excluding carboxylic acids is 1. The van der Waals surface area contributed by atoms with Gasteiger partial charge in [0, 0.05) is 31.1 Å². The van der Waals surface area contributed by atoms with Gasteiger partial charge in [0.25, 0.3) is 0 Å². The molecule has 2 rings (SSSR count). The van der Waals surface area contributed by atoms with Crippen LogP contribution in [0.15, 0.2) is 24.0 Å². The number of rotatable bonds is 10. The van der Waals surface area contributed by atoms with Crippen LogP contribution in [0, 0.1) is 11.8 Å². The lowest BCUT2D eigenvalue weighted by atomic mass is 9.90. The molecular formula is C21H34O5. The van der Waals surface area contributed by atoms with E-state index >= 15 is 0 Å². The Labute approximate surface area is 157 Å². The Balaban J connectivity index is 1.81. The van der Waals surface area contributed by atoms with Crippen LogP contribution in [0.3, 0.4) is 0 Å². The molecule has 1 aliphatic carbocycles. The molecule has 5 heteroatoms. The minimum Gasteiger partial charge on any atom is -0.495 e. The lowest BCUT2D eigenvalue weighted by Gasteiger charge is -2.16. The van der Waals surface area contributed by atoms with E-state index in [1.54, 1.807) is 0 Å². The number of hydrogen-bond donors (Lipinski definition) is 2. The zero-order valence-electron chi connectivity index (χ0n) is 16.1. The van der Waals surface area contributed by atoms with Gasteiger partial charge in [0.05, 0.1) is 25.1 Å². The molecular weight excluding hydrogens is 332 g/mol. The maximum atomic E-state index is 11.1. The first-order valence-corrected chi connectivity index (χ1v) is 10.0. The molecule has 1 heterocycles. The smallest absolute Gasteiger partial charge is 0.305 e. The van der Waals surface area contributed by atoms with Crippen LogP contribution in [0.25, 0.3) is 0 Å². The number of hydrogen-bond acceptors (Lipinski definition) is 5. The van der Waals surface area contributed by atoms with Crippen molar-refractivity contribution < 1.29 is 24.5 Å². The Kier molecular flexibility index (Phi) is 8.66. The molecule has 1 aliphatic heterocycles. The zero-order chi connectivity index (χ0) is 18.9. The van der Waals surface area contributed by atoms with Crippen LogP contribution in [0.5, 0.6) is 0 Å². The second-order valence-corrected chi connectivity index (χ2v) is 7.49. The van der Waals surface area contributed by atoms with Gasteiger partial charge in [-0.2, -0.15) is 0 Å². The van der Waals surface area contributed by atoms with E-state index in [2.05, 4.69) is 17.7 Å². The van der Waals surface area contributed by atoms with E-state index in [9.17, 15) is 15.0 Å². The average Bonchev–Trinajstić information content (AvgIpc) is 3.13. The molecule has 0 radical (unpaired) electrons. The van der Waals surface area contributed by atoms with Crippen molar-refractivity contribution in [1.29, 1.82) is 0 Å². The van der Waals surface area contributed by atoms with E-state index in [-0.39, 0.29) is 23.9 Å². The van der Waals surface area contributed by atoms with E-state index in [1.807, 2.05) is 12.2 Å². The lowest BCUT2D eigenvalue weighted by molar-refractivity contribution is -0.140. The predicted molar refractivity (Wildman–Crippen MR) is 100 cm³/mol.